The molecule has 0 unspecified atom stereocenters. The van der Waals surface area contributed by atoms with E-state index in [9.17, 15) is 9.59 Å². The molecule has 0 aliphatic carbocycles. The summed E-state index contributed by atoms with van der Waals surface area (Å²) in [7, 11) is 0. The van der Waals surface area contributed by atoms with Crippen LogP contribution in [0.4, 0.5) is 10.5 Å². The van der Waals surface area contributed by atoms with Gasteiger partial charge < -0.3 is 4.74 Å². The molecule has 0 aliphatic rings. The number of hydrogen-bond donors (Lipinski definition) is 1. The molecule has 0 aliphatic heterocycles. The molecule has 0 saturated carbocycles. The predicted octanol–water partition coefficient (Wildman–Crippen LogP) is 4.56. The van der Waals surface area contributed by atoms with Crippen molar-refractivity contribution >= 4 is 28.3 Å². The molecule has 4 heteroatoms. The van der Waals surface area contributed by atoms with Gasteiger partial charge in [0.05, 0.1) is 5.69 Å². The zero-order valence-electron chi connectivity index (χ0n) is 13.0. The number of nitrogens with one attached hydrogen (secondary N) is 1. The van der Waals surface area contributed by atoms with Gasteiger partial charge in [-0.05, 0) is 44.4 Å². The molecular weight excluding hydrogens is 278 g/mol. The topological polar surface area (TPSA) is 55.4 Å². The van der Waals surface area contributed by atoms with Crippen molar-refractivity contribution in [3.05, 3.63) is 54.6 Å². The van der Waals surface area contributed by atoms with E-state index >= 15 is 0 Å². The van der Waals surface area contributed by atoms with Gasteiger partial charge in [-0.25, -0.2) is 4.79 Å². The summed E-state index contributed by atoms with van der Waals surface area (Å²) in [6, 6.07) is 10.8. The fourth-order valence-corrected chi connectivity index (χ4v) is 2.08. The average Bonchev–Trinajstić information content (AvgIpc) is 2.44. The summed E-state index contributed by atoms with van der Waals surface area (Å²) in [5.74, 6) is -0.132. The first-order valence-corrected chi connectivity index (χ1v) is 7.00. The van der Waals surface area contributed by atoms with Crippen molar-refractivity contribution in [2.45, 2.75) is 26.4 Å². The van der Waals surface area contributed by atoms with Gasteiger partial charge >= 0.3 is 6.09 Å². The third kappa shape index (κ3) is 3.73. The van der Waals surface area contributed by atoms with Gasteiger partial charge in [0, 0.05) is 10.9 Å². The summed E-state index contributed by atoms with van der Waals surface area (Å²) in [6.07, 6.45) is 0.774. The first kappa shape index (κ1) is 15.8. The second-order valence-corrected chi connectivity index (χ2v) is 5.94. The van der Waals surface area contributed by atoms with Crippen molar-refractivity contribution in [1.82, 2.24) is 0 Å². The van der Waals surface area contributed by atoms with Crippen molar-refractivity contribution < 1.29 is 14.3 Å². The monoisotopic (exact) mass is 297 g/mol. The predicted molar refractivity (Wildman–Crippen MR) is 88.3 cm³/mol. The maximum atomic E-state index is 11.9. The van der Waals surface area contributed by atoms with Gasteiger partial charge in [0.15, 0.2) is 5.78 Å². The van der Waals surface area contributed by atoms with Gasteiger partial charge in [-0.1, -0.05) is 30.8 Å². The van der Waals surface area contributed by atoms with Gasteiger partial charge in [-0.2, -0.15) is 0 Å². The van der Waals surface area contributed by atoms with Crippen LogP contribution in [0.5, 0.6) is 0 Å². The number of amides is 1. The number of ketones is 1. The van der Waals surface area contributed by atoms with Crippen LogP contribution in [0.2, 0.25) is 0 Å². The zero-order chi connectivity index (χ0) is 16.3. The summed E-state index contributed by atoms with van der Waals surface area (Å²) in [5.41, 5.74) is 0.652. The normalized spacial score (nSPS) is 11.0. The summed E-state index contributed by atoms with van der Waals surface area (Å²) in [4.78, 5) is 23.6. The molecule has 0 atom stereocenters. The van der Waals surface area contributed by atoms with Crippen LogP contribution in [0.3, 0.4) is 0 Å². The van der Waals surface area contributed by atoms with Gasteiger partial charge in [-0.3, -0.25) is 10.1 Å². The number of anilines is 1. The van der Waals surface area contributed by atoms with E-state index in [2.05, 4.69) is 11.9 Å². The van der Waals surface area contributed by atoms with E-state index in [1.54, 1.807) is 24.3 Å². The number of carbonyl (C=O) groups excluding carboxylic acids is 2. The zero-order valence-corrected chi connectivity index (χ0v) is 13.0. The lowest BCUT2D eigenvalue weighted by Crippen LogP contribution is -2.27. The van der Waals surface area contributed by atoms with Crippen LogP contribution in [0.25, 0.3) is 10.8 Å². The molecule has 0 bridgehead atoms. The highest BCUT2D eigenvalue weighted by Gasteiger charge is 2.17. The van der Waals surface area contributed by atoms with E-state index in [1.807, 2.05) is 32.9 Å². The summed E-state index contributed by atoms with van der Waals surface area (Å²) in [6.45, 7) is 8.91. The Balaban J connectivity index is 2.33. The lowest BCUT2D eigenvalue weighted by molar-refractivity contribution is 0.0636. The van der Waals surface area contributed by atoms with Crippen LogP contribution in [0.1, 0.15) is 31.1 Å². The molecule has 4 nitrogen and oxygen atoms in total. The van der Waals surface area contributed by atoms with Crippen molar-refractivity contribution in [3.63, 3.8) is 0 Å². The van der Waals surface area contributed by atoms with Crippen LogP contribution in [-0.2, 0) is 4.74 Å². The lowest BCUT2D eigenvalue weighted by atomic mass is 10.0. The fraction of sp³-hybridized carbons (Fsp3) is 0.222. The Kier molecular flexibility index (Phi) is 4.31. The highest BCUT2D eigenvalue weighted by atomic mass is 16.6. The Morgan fingerprint density at radius 3 is 2.55 bits per heavy atom. The highest BCUT2D eigenvalue weighted by Crippen LogP contribution is 2.25. The van der Waals surface area contributed by atoms with Gasteiger partial charge in [0.2, 0.25) is 0 Å². The van der Waals surface area contributed by atoms with Crippen LogP contribution >= 0.6 is 0 Å². The molecule has 0 aromatic heterocycles. The Morgan fingerprint density at radius 2 is 1.91 bits per heavy atom. The fourth-order valence-electron chi connectivity index (χ4n) is 2.08. The van der Waals surface area contributed by atoms with Gasteiger partial charge in [0.1, 0.15) is 5.60 Å². The van der Waals surface area contributed by atoms with E-state index in [1.165, 1.54) is 6.08 Å². The molecule has 0 heterocycles. The molecule has 1 N–H and O–H groups in total. The van der Waals surface area contributed by atoms with Crippen LogP contribution in [0.15, 0.2) is 49.1 Å². The van der Waals surface area contributed by atoms with Crippen LogP contribution in [-0.4, -0.2) is 17.5 Å². The molecule has 2 rings (SSSR count). The molecule has 0 saturated heterocycles. The minimum absolute atomic E-state index is 0.132. The Labute approximate surface area is 129 Å². The van der Waals surface area contributed by atoms with E-state index in [0.29, 0.717) is 11.3 Å². The maximum Gasteiger partial charge on any atom is 0.412 e. The number of hydrogen-bond acceptors (Lipinski definition) is 3. The first-order chi connectivity index (χ1) is 10.3. The molecule has 0 spiro atoms. The minimum Gasteiger partial charge on any atom is -0.444 e. The van der Waals surface area contributed by atoms with Crippen molar-refractivity contribution in [2.24, 2.45) is 0 Å². The van der Waals surface area contributed by atoms with Gasteiger partial charge in [0.25, 0.3) is 0 Å². The average molecular weight is 297 g/mol. The highest BCUT2D eigenvalue weighted by molar-refractivity contribution is 6.08. The molecule has 0 radical (unpaired) electrons. The number of fused-ring (bicyclic) bond motifs is 1. The van der Waals surface area contributed by atoms with E-state index in [4.69, 9.17) is 4.74 Å². The second-order valence-electron chi connectivity index (χ2n) is 5.94. The summed E-state index contributed by atoms with van der Waals surface area (Å²) in [5, 5.41) is 4.44. The largest absolute Gasteiger partial charge is 0.444 e. The number of ether oxygens (including phenoxy) is 1. The Bertz CT molecular complexity index is 742. The lowest BCUT2D eigenvalue weighted by Gasteiger charge is -2.20. The second kappa shape index (κ2) is 6.02. The van der Waals surface area contributed by atoms with Crippen LogP contribution in [0, 0.1) is 0 Å². The SMILES string of the molecule is C=CC(=O)c1ccc2c(NC(=O)OC(C)(C)C)cccc2c1. The van der Waals surface area contributed by atoms with Crippen molar-refractivity contribution in [2.75, 3.05) is 5.32 Å². The van der Waals surface area contributed by atoms with Crippen LogP contribution < -0.4 is 5.32 Å². The van der Waals surface area contributed by atoms with E-state index < -0.39 is 11.7 Å². The number of carbonyl (C=O) groups is 2. The van der Waals surface area contributed by atoms with Gasteiger partial charge in [-0.15, -0.1) is 0 Å². The third-order valence-electron chi connectivity index (χ3n) is 2.99. The number of rotatable bonds is 3. The molecule has 2 aromatic rings. The van der Waals surface area contributed by atoms with Crippen molar-refractivity contribution in [1.29, 1.82) is 0 Å². The molecule has 22 heavy (non-hydrogen) atoms. The smallest absolute Gasteiger partial charge is 0.412 e. The summed E-state index contributed by atoms with van der Waals surface area (Å²) < 4.78 is 5.25. The molecule has 114 valence electrons. The number of benzene rings is 2. The molecule has 1 amide bonds. The first-order valence-electron chi connectivity index (χ1n) is 7.00. The van der Waals surface area contributed by atoms with Crippen molar-refractivity contribution in [3.8, 4) is 0 Å². The third-order valence-corrected chi connectivity index (χ3v) is 2.99. The Hall–Kier alpha value is -2.62. The van der Waals surface area contributed by atoms with E-state index in [0.717, 1.165) is 10.8 Å². The van der Waals surface area contributed by atoms with E-state index in [-0.39, 0.29) is 5.78 Å². The maximum absolute atomic E-state index is 11.9. The summed E-state index contributed by atoms with van der Waals surface area (Å²) >= 11 is 0. The standard InChI is InChI=1S/C18H19NO3/c1-5-16(20)13-9-10-14-12(11-13)7-6-8-15(14)19-17(21)22-18(2,3)4/h5-11H,1H2,2-4H3,(H,19,21). The number of allylic oxidation sites excluding steroid dienone is 1. The molecular formula is C18H19NO3. The minimum atomic E-state index is -0.557. The molecule has 2 aromatic carbocycles. The molecule has 0 fully saturated rings. The Morgan fingerprint density at radius 1 is 1.18 bits per heavy atom. The quantitative estimate of drug-likeness (QED) is 0.667.